The van der Waals surface area contributed by atoms with Crippen LogP contribution in [0.5, 0.6) is 5.75 Å². The molecule has 25 heavy (non-hydrogen) atoms. The lowest BCUT2D eigenvalue weighted by atomic mass is 9.82. The third-order valence-electron chi connectivity index (χ3n) is 5.60. The summed E-state index contributed by atoms with van der Waals surface area (Å²) in [6, 6.07) is 7.90. The number of nitrogens with two attached hydrogens (primary N) is 1. The zero-order valence-corrected chi connectivity index (χ0v) is 15.6. The van der Waals surface area contributed by atoms with Gasteiger partial charge in [0.1, 0.15) is 5.75 Å². The van der Waals surface area contributed by atoms with Gasteiger partial charge in [0.05, 0.1) is 13.2 Å². The molecule has 1 aromatic rings. The number of hydrogen-bond donors (Lipinski definition) is 2. The SMILES string of the molecule is COc1ccccc1C1CCN(C(=O)[C@H]2CC[C@@H](O)[C@H](N)C2)CC1.Cl. The maximum absolute atomic E-state index is 12.7. The maximum Gasteiger partial charge on any atom is 0.225 e. The van der Waals surface area contributed by atoms with Crippen molar-refractivity contribution in [2.24, 2.45) is 11.7 Å². The second kappa shape index (κ2) is 8.88. The fraction of sp³-hybridized carbons (Fsp3) is 0.632. The van der Waals surface area contributed by atoms with Crippen molar-refractivity contribution in [3.05, 3.63) is 29.8 Å². The molecule has 0 spiro atoms. The summed E-state index contributed by atoms with van der Waals surface area (Å²) in [6.45, 7) is 1.58. The Hall–Kier alpha value is -1.30. The van der Waals surface area contributed by atoms with Gasteiger partial charge in [0.2, 0.25) is 5.91 Å². The predicted octanol–water partition coefficient (Wildman–Crippen LogP) is 2.31. The van der Waals surface area contributed by atoms with E-state index in [0.717, 1.165) is 38.1 Å². The van der Waals surface area contributed by atoms with Gasteiger partial charge in [-0.05, 0) is 49.7 Å². The Bertz CT molecular complexity index is 576. The van der Waals surface area contributed by atoms with Gasteiger partial charge in [-0.2, -0.15) is 0 Å². The molecule has 6 heteroatoms. The van der Waals surface area contributed by atoms with Crippen LogP contribution in [-0.2, 0) is 4.79 Å². The van der Waals surface area contributed by atoms with Crippen LogP contribution in [0.3, 0.4) is 0 Å². The van der Waals surface area contributed by atoms with Gasteiger partial charge in [-0.1, -0.05) is 18.2 Å². The van der Waals surface area contributed by atoms with Gasteiger partial charge in [0, 0.05) is 25.0 Å². The number of halogens is 1. The first-order chi connectivity index (χ1) is 11.6. The van der Waals surface area contributed by atoms with E-state index in [1.807, 2.05) is 23.1 Å². The number of benzene rings is 1. The van der Waals surface area contributed by atoms with Gasteiger partial charge < -0.3 is 20.5 Å². The number of aliphatic hydroxyl groups is 1. The second-order valence-electron chi connectivity index (χ2n) is 7.08. The number of likely N-dealkylation sites (tertiary alicyclic amines) is 1. The minimum absolute atomic E-state index is 0. The Morgan fingerprint density at radius 1 is 1.20 bits per heavy atom. The molecule has 1 aliphatic carbocycles. The summed E-state index contributed by atoms with van der Waals surface area (Å²) in [5.74, 6) is 1.58. The zero-order chi connectivity index (χ0) is 17.1. The monoisotopic (exact) mass is 368 g/mol. The zero-order valence-electron chi connectivity index (χ0n) is 14.8. The number of nitrogens with zero attached hydrogens (tertiary/aromatic N) is 1. The summed E-state index contributed by atoms with van der Waals surface area (Å²) >= 11 is 0. The van der Waals surface area contributed by atoms with Crippen molar-refractivity contribution in [3.8, 4) is 5.75 Å². The van der Waals surface area contributed by atoms with E-state index < -0.39 is 6.10 Å². The molecule has 0 bridgehead atoms. The number of amides is 1. The lowest BCUT2D eigenvalue weighted by Crippen LogP contribution is -2.47. The van der Waals surface area contributed by atoms with Gasteiger partial charge in [0.25, 0.3) is 0 Å². The van der Waals surface area contributed by atoms with Crippen LogP contribution >= 0.6 is 12.4 Å². The van der Waals surface area contributed by atoms with E-state index in [1.165, 1.54) is 5.56 Å². The highest BCUT2D eigenvalue weighted by Gasteiger charge is 2.34. The standard InChI is InChI=1S/C19H28N2O3.ClH/c1-24-18-5-3-2-4-15(18)13-8-10-21(11-9-13)19(23)14-6-7-17(22)16(20)12-14;/h2-5,13-14,16-17,22H,6-12,20H2,1H3;1H/t14-,16+,17+;/m0./s1. The minimum atomic E-state index is -0.453. The summed E-state index contributed by atoms with van der Waals surface area (Å²) in [4.78, 5) is 14.7. The van der Waals surface area contributed by atoms with Crippen LogP contribution in [0.1, 0.15) is 43.6 Å². The molecule has 1 amide bonds. The lowest BCUT2D eigenvalue weighted by Gasteiger charge is -2.37. The van der Waals surface area contributed by atoms with Crippen molar-refractivity contribution >= 4 is 18.3 Å². The van der Waals surface area contributed by atoms with Crippen molar-refractivity contribution in [2.75, 3.05) is 20.2 Å². The van der Waals surface area contributed by atoms with Gasteiger partial charge in [-0.15, -0.1) is 12.4 Å². The summed E-state index contributed by atoms with van der Waals surface area (Å²) in [5.41, 5.74) is 7.18. The summed E-state index contributed by atoms with van der Waals surface area (Å²) in [6.07, 6.45) is 3.47. The number of para-hydroxylation sites is 1. The lowest BCUT2D eigenvalue weighted by molar-refractivity contribution is -0.138. The van der Waals surface area contributed by atoms with Crippen LogP contribution in [0.2, 0.25) is 0 Å². The van der Waals surface area contributed by atoms with Crippen molar-refractivity contribution in [1.82, 2.24) is 4.90 Å². The minimum Gasteiger partial charge on any atom is -0.496 e. The Labute approximate surface area is 155 Å². The number of hydrogen-bond acceptors (Lipinski definition) is 4. The van der Waals surface area contributed by atoms with Crippen LogP contribution in [0.25, 0.3) is 0 Å². The first kappa shape index (κ1) is 20.0. The van der Waals surface area contributed by atoms with Crippen LogP contribution in [0.4, 0.5) is 0 Å². The predicted molar refractivity (Wildman–Crippen MR) is 100 cm³/mol. The number of rotatable bonds is 3. The third-order valence-corrected chi connectivity index (χ3v) is 5.60. The van der Waals surface area contributed by atoms with Crippen molar-refractivity contribution < 1.29 is 14.6 Å². The molecule has 3 rings (SSSR count). The van der Waals surface area contributed by atoms with E-state index in [-0.39, 0.29) is 30.3 Å². The van der Waals surface area contributed by atoms with Gasteiger partial charge in [-0.25, -0.2) is 0 Å². The highest BCUT2D eigenvalue weighted by Crippen LogP contribution is 2.35. The number of methoxy groups -OCH3 is 1. The molecule has 1 heterocycles. The number of aliphatic hydroxyl groups excluding tert-OH is 1. The first-order valence-electron chi connectivity index (χ1n) is 8.95. The van der Waals surface area contributed by atoms with Crippen LogP contribution in [0.15, 0.2) is 24.3 Å². The van der Waals surface area contributed by atoms with Gasteiger partial charge in [0.15, 0.2) is 0 Å². The molecular formula is C19H29ClN2O3. The highest BCUT2D eigenvalue weighted by molar-refractivity contribution is 5.85. The average Bonchev–Trinajstić information content (AvgIpc) is 2.63. The largest absolute Gasteiger partial charge is 0.496 e. The molecule has 3 N–H and O–H groups in total. The molecule has 0 radical (unpaired) electrons. The van der Waals surface area contributed by atoms with E-state index in [9.17, 15) is 9.90 Å². The van der Waals surface area contributed by atoms with Gasteiger partial charge >= 0.3 is 0 Å². The van der Waals surface area contributed by atoms with Crippen LogP contribution in [-0.4, -0.2) is 48.3 Å². The van der Waals surface area contributed by atoms with Gasteiger partial charge in [-0.3, -0.25) is 4.79 Å². The molecule has 1 saturated heterocycles. The molecule has 5 nitrogen and oxygen atoms in total. The van der Waals surface area contributed by atoms with E-state index in [1.54, 1.807) is 7.11 Å². The topological polar surface area (TPSA) is 75.8 Å². The Balaban J connectivity index is 0.00000225. The summed E-state index contributed by atoms with van der Waals surface area (Å²) in [7, 11) is 1.71. The summed E-state index contributed by atoms with van der Waals surface area (Å²) in [5, 5.41) is 9.74. The van der Waals surface area contributed by atoms with Crippen molar-refractivity contribution in [3.63, 3.8) is 0 Å². The number of piperidine rings is 1. The average molecular weight is 369 g/mol. The normalized spacial score (nSPS) is 27.5. The molecule has 1 saturated carbocycles. The molecule has 140 valence electrons. The number of carbonyl (C=O) groups is 1. The van der Waals surface area contributed by atoms with E-state index in [2.05, 4.69) is 6.07 Å². The van der Waals surface area contributed by atoms with Crippen molar-refractivity contribution in [2.45, 2.75) is 50.2 Å². The molecular weight excluding hydrogens is 340 g/mol. The highest BCUT2D eigenvalue weighted by atomic mass is 35.5. The summed E-state index contributed by atoms with van der Waals surface area (Å²) < 4.78 is 5.47. The van der Waals surface area contributed by atoms with Crippen LogP contribution < -0.4 is 10.5 Å². The van der Waals surface area contributed by atoms with Crippen LogP contribution in [0, 0.1) is 5.92 Å². The van der Waals surface area contributed by atoms with E-state index in [0.29, 0.717) is 18.8 Å². The fourth-order valence-corrected chi connectivity index (χ4v) is 4.09. The molecule has 0 aromatic heterocycles. The molecule has 1 aromatic carbocycles. The Kier molecular flexibility index (Phi) is 7.11. The van der Waals surface area contributed by atoms with E-state index >= 15 is 0 Å². The van der Waals surface area contributed by atoms with Crippen molar-refractivity contribution in [1.29, 1.82) is 0 Å². The molecule has 3 atom stereocenters. The van der Waals surface area contributed by atoms with E-state index in [4.69, 9.17) is 10.5 Å². The second-order valence-corrected chi connectivity index (χ2v) is 7.08. The molecule has 2 fully saturated rings. The molecule has 2 aliphatic rings. The number of ether oxygens (including phenoxy) is 1. The molecule has 0 unspecified atom stereocenters. The maximum atomic E-state index is 12.7. The third kappa shape index (κ3) is 4.46. The molecule has 1 aliphatic heterocycles. The Morgan fingerprint density at radius 3 is 2.52 bits per heavy atom. The smallest absolute Gasteiger partial charge is 0.225 e. The number of carbonyl (C=O) groups excluding carboxylic acids is 1. The Morgan fingerprint density at radius 2 is 1.88 bits per heavy atom. The fourth-order valence-electron chi connectivity index (χ4n) is 4.09. The first-order valence-corrected chi connectivity index (χ1v) is 8.95. The quantitative estimate of drug-likeness (QED) is 0.858.